The summed E-state index contributed by atoms with van der Waals surface area (Å²) in [6, 6.07) is 5.89. The lowest BCUT2D eigenvalue weighted by molar-refractivity contribution is 0.0525. The van der Waals surface area contributed by atoms with Crippen LogP contribution in [0.1, 0.15) is 57.9 Å². The van der Waals surface area contributed by atoms with Gasteiger partial charge in [0.1, 0.15) is 0 Å². The number of ether oxygens (including phenoxy) is 1. The van der Waals surface area contributed by atoms with Crippen molar-refractivity contribution in [1.29, 1.82) is 0 Å². The monoisotopic (exact) mass is 362 g/mol. The second kappa shape index (κ2) is 6.65. The summed E-state index contributed by atoms with van der Waals surface area (Å²) in [5, 5.41) is 0. The van der Waals surface area contributed by atoms with Gasteiger partial charge in [0.2, 0.25) is 0 Å². The number of esters is 1. The molecule has 27 heavy (non-hydrogen) atoms. The lowest BCUT2D eigenvalue weighted by atomic mass is 9.98. The minimum absolute atomic E-state index is 0.0780. The topological polar surface area (TPSA) is 60.7 Å². The molecule has 3 aromatic rings. The molecule has 0 aliphatic heterocycles. The molecule has 0 unspecified atom stereocenters. The van der Waals surface area contributed by atoms with E-state index in [9.17, 15) is 9.59 Å². The van der Waals surface area contributed by atoms with Crippen LogP contribution in [0.3, 0.4) is 0 Å². The highest BCUT2D eigenvalue weighted by atomic mass is 16.5. The fourth-order valence-electron chi connectivity index (χ4n) is 4.14. The Bertz CT molecular complexity index is 1080. The first-order valence-corrected chi connectivity index (χ1v) is 9.32. The SMILES string of the molecule is CCOC(=O)c1cc2c(-c3ccnc4c3CCC4)ccn2c(C(C)=O)c1C. The van der Waals surface area contributed by atoms with E-state index in [0.29, 0.717) is 23.4 Å². The van der Waals surface area contributed by atoms with Crippen molar-refractivity contribution >= 4 is 17.3 Å². The van der Waals surface area contributed by atoms with Crippen LogP contribution in [0.4, 0.5) is 0 Å². The summed E-state index contributed by atoms with van der Waals surface area (Å²) in [5.41, 5.74) is 7.03. The molecule has 3 aromatic heterocycles. The Morgan fingerprint density at radius 3 is 2.78 bits per heavy atom. The van der Waals surface area contributed by atoms with Crippen molar-refractivity contribution in [3.63, 3.8) is 0 Å². The molecule has 0 spiro atoms. The van der Waals surface area contributed by atoms with Crippen LogP contribution in [0.25, 0.3) is 16.6 Å². The average molecular weight is 362 g/mol. The fourth-order valence-corrected chi connectivity index (χ4v) is 4.14. The minimum Gasteiger partial charge on any atom is -0.462 e. The number of nitrogens with zero attached hydrogens (tertiary/aromatic N) is 2. The molecule has 0 bridgehead atoms. The average Bonchev–Trinajstić information content (AvgIpc) is 3.27. The molecule has 0 saturated carbocycles. The zero-order valence-corrected chi connectivity index (χ0v) is 15.8. The van der Waals surface area contributed by atoms with Gasteiger partial charge in [-0.1, -0.05) is 0 Å². The van der Waals surface area contributed by atoms with Gasteiger partial charge in [-0.2, -0.15) is 0 Å². The molecule has 0 fully saturated rings. The van der Waals surface area contributed by atoms with E-state index < -0.39 is 5.97 Å². The molecule has 0 radical (unpaired) electrons. The number of hydrogen-bond acceptors (Lipinski definition) is 4. The second-order valence-electron chi connectivity index (χ2n) is 6.93. The molecule has 3 heterocycles. The van der Waals surface area contributed by atoms with Gasteiger partial charge in [-0.3, -0.25) is 9.78 Å². The van der Waals surface area contributed by atoms with Crippen LogP contribution in [0.5, 0.6) is 0 Å². The molecular weight excluding hydrogens is 340 g/mol. The Hall–Kier alpha value is -2.95. The van der Waals surface area contributed by atoms with Crippen LogP contribution in [0.2, 0.25) is 0 Å². The molecule has 0 aromatic carbocycles. The zero-order valence-electron chi connectivity index (χ0n) is 15.8. The van der Waals surface area contributed by atoms with Crippen molar-refractivity contribution in [3.8, 4) is 11.1 Å². The number of pyridine rings is 2. The molecule has 1 aliphatic rings. The Balaban J connectivity index is 2.01. The van der Waals surface area contributed by atoms with E-state index in [1.807, 2.05) is 35.0 Å². The maximum Gasteiger partial charge on any atom is 0.338 e. The van der Waals surface area contributed by atoms with Gasteiger partial charge in [-0.25, -0.2) is 4.79 Å². The van der Waals surface area contributed by atoms with Crippen molar-refractivity contribution in [3.05, 3.63) is 58.7 Å². The lowest BCUT2D eigenvalue weighted by Gasteiger charge is -2.14. The maximum atomic E-state index is 12.5. The molecule has 4 rings (SSSR count). The Morgan fingerprint density at radius 1 is 1.22 bits per heavy atom. The van der Waals surface area contributed by atoms with E-state index in [1.165, 1.54) is 12.5 Å². The van der Waals surface area contributed by atoms with E-state index >= 15 is 0 Å². The van der Waals surface area contributed by atoms with Gasteiger partial charge in [0.05, 0.1) is 23.4 Å². The highest BCUT2D eigenvalue weighted by molar-refractivity contribution is 6.02. The normalized spacial score (nSPS) is 13.0. The van der Waals surface area contributed by atoms with Crippen molar-refractivity contribution in [2.24, 2.45) is 0 Å². The Labute approximate surface area is 158 Å². The number of carbonyl (C=O) groups excluding carboxylic acids is 2. The van der Waals surface area contributed by atoms with Crippen LogP contribution in [0.15, 0.2) is 30.6 Å². The third-order valence-corrected chi connectivity index (χ3v) is 5.31. The number of Topliss-reactive ketones (excluding diaryl/α,β-unsaturated/α-hetero) is 1. The first-order chi connectivity index (χ1) is 13.0. The number of fused-ring (bicyclic) bond motifs is 2. The molecule has 5 heteroatoms. The molecule has 1 aliphatic carbocycles. The minimum atomic E-state index is -0.396. The van der Waals surface area contributed by atoms with E-state index in [2.05, 4.69) is 4.98 Å². The highest BCUT2D eigenvalue weighted by Gasteiger charge is 2.23. The maximum absolute atomic E-state index is 12.5. The summed E-state index contributed by atoms with van der Waals surface area (Å²) >= 11 is 0. The Morgan fingerprint density at radius 2 is 2.04 bits per heavy atom. The van der Waals surface area contributed by atoms with E-state index in [-0.39, 0.29) is 5.78 Å². The summed E-state index contributed by atoms with van der Waals surface area (Å²) in [5.74, 6) is -0.474. The number of hydrogen-bond donors (Lipinski definition) is 0. The van der Waals surface area contributed by atoms with Gasteiger partial charge in [0.15, 0.2) is 5.78 Å². The van der Waals surface area contributed by atoms with Crippen LogP contribution in [-0.2, 0) is 17.6 Å². The van der Waals surface area contributed by atoms with Crippen molar-refractivity contribution in [2.45, 2.75) is 40.0 Å². The lowest BCUT2D eigenvalue weighted by Crippen LogP contribution is -2.13. The van der Waals surface area contributed by atoms with Crippen LogP contribution >= 0.6 is 0 Å². The Kier molecular flexibility index (Phi) is 4.30. The number of rotatable bonds is 4. The van der Waals surface area contributed by atoms with Crippen LogP contribution in [-0.4, -0.2) is 27.7 Å². The zero-order chi connectivity index (χ0) is 19.1. The molecule has 0 atom stereocenters. The summed E-state index contributed by atoms with van der Waals surface area (Å²) in [4.78, 5) is 29.4. The fraction of sp³-hybridized carbons (Fsp3) is 0.318. The van der Waals surface area contributed by atoms with Crippen LogP contribution < -0.4 is 0 Å². The largest absolute Gasteiger partial charge is 0.462 e. The van der Waals surface area contributed by atoms with Gasteiger partial charge >= 0.3 is 5.97 Å². The van der Waals surface area contributed by atoms with E-state index in [4.69, 9.17) is 4.74 Å². The molecule has 0 N–H and O–H groups in total. The summed E-state index contributed by atoms with van der Waals surface area (Å²) in [6.07, 6.45) is 6.87. The third-order valence-electron chi connectivity index (χ3n) is 5.31. The summed E-state index contributed by atoms with van der Waals surface area (Å²) < 4.78 is 7.11. The molecular formula is C22H22N2O3. The van der Waals surface area contributed by atoms with Crippen LogP contribution in [0, 0.1) is 6.92 Å². The predicted molar refractivity (Wildman–Crippen MR) is 103 cm³/mol. The molecule has 0 amide bonds. The smallest absolute Gasteiger partial charge is 0.338 e. The summed E-state index contributed by atoms with van der Waals surface area (Å²) in [7, 11) is 0. The highest BCUT2D eigenvalue weighted by Crippen LogP contribution is 2.35. The van der Waals surface area contributed by atoms with Gasteiger partial charge < -0.3 is 9.14 Å². The number of aryl methyl sites for hydroxylation is 1. The predicted octanol–water partition coefficient (Wildman–Crippen LogP) is 4.18. The molecule has 5 nitrogen and oxygen atoms in total. The van der Waals surface area contributed by atoms with Crippen molar-refractivity contribution < 1.29 is 14.3 Å². The number of carbonyl (C=O) groups is 2. The van der Waals surface area contributed by atoms with Gasteiger partial charge in [-0.15, -0.1) is 0 Å². The quantitative estimate of drug-likeness (QED) is 0.516. The van der Waals surface area contributed by atoms with Gasteiger partial charge in [-0.05, 0) is 68.0 Å². The molecule has 0 saturated heterocycles. The molecule has 138 valence electrons. The van der Waals surface area contributed by atoms with E-state index in [0.717, 1.165) is 41.6 Å². The van der Waals surface area contributed by atoms with E-state index in [1.54, 1.807) is 13.8 Å². The standard InChI is InChI=1S/C22H22N2O3/c1-4-27-22(26)18-12-20-17(9-11-24(20)21(13(18)2)14(3)25)15-8-10-23-19-7-5-6-16(15)19/h8-12H,4-7H2,1-3H3. The first kappa shape index (κ1) is 17.5. The number of aromatic nitrogens is 2. The summed E-state index contributed by atoms with van der Waals surface area (Å²) in [6.45, 7) is 5.40. The second-order valence-corrected chi connectivity index (χ2v) is 6.93. The third kappa shape index (κ3) is 2.74. The number of ketones is 1. The van der Waals surface area contributed by atoms with Crippen molar-refractivity contribution in [2.75, 3.05) is 6.61 Å². The van der Waals surface area contributed by atoms with Crippen molar-refractivity contribution in [1.82, 2.24) is 9.38 Å². The first-order valence-electron chi connectivity index (χ1n) is 9.32. The van der Waals surface area contributed by atoms with Gasteiger partial charge in [0, 0.05) is 30.6 Å². The van der Waals surface area contributed by atoms with Gasteiger partial charge in [0.25, 0.3) is 0 Å².